The molecule has 5 heteroatoms. The largest absolute Gasteiger partial charge is 0.488 e. The van der Waals surface area contributed by atoms with Crippen LogP contribution in [0.5, 0.6) is 5.75 Å². The summed E-state index contributed by atoms with van der Waals surface area (Å²) in [7, 11) is 0. The lowest BCUT2D eigenvalue weighted by Crippen LogP contribution is -2.05. The van der Waals surface area contributed by atoms with E-state index in [1.54, 1.807) is 6.07 Å². The molecule has 1 N–H and O–H groups in total. The number of aliphatic hydroxyl groups excluding tert-OH is 1. The Morgan fingerprint density at radius 2 is 1.71 bits per heavy atom. The standard InChI is InChI=1S/C16H15F3O2/c1-11-3-2-4-13(9-20)15(11)21-10-12-5-7-14(8-6-12)16(17,18)19/h2-8,20H,9-10H2,1H3. The topological polar surface area (TPSA) is 29.5 Å². The molecule has 0 aliphatic heterocycles. The van der Waals surface area contributed by atoms with E-state index in [0.29, 0.717) is 16.9 Å². The first kappa shape index (κ1) is 15.4. The van der Waals surface area contributed by atoms with Gasteiger partial charge < -0.3 is 9.84 Å². The summed E-state index contributed by atoms with van der Waals surface area (Å²) in [5.74, 6) is 0.569. The number of rotatable bonds is 4. The Balaban J connectivity index is 2.10. The van der Waals surface area contributed by atoms with Crippen LogP contribution in [0.1, 0.15) is 22.3 Å². The second-order valence-electron chi connectivity index (χ2n) is 4.70. The first-order chi connectivity index (χ1) is 9.91. The fourth-order valence-corrected chi connectivity index (χ4v) is 1.99. The number of halogens is 3. The average molecular weight is 296 g/mol. The second kappa shape index (κ2) is 6.18. The number of hydrogen-bond donors (Lipinski definition) is 1. The normalized spacial score (nSPS) is 11.5. The Kier molecular flexibility index (Phi) is 4.53. The van der Waals surface area contributed by atoms with E-state index >= 15 is 0 Å². The van der Waals surface area contributed by atoms with E-state index in [0.717, 1.165) is 17.7 Å². The lowest BCUT2D eigenvalue weighted by molar-refractivity contribution is -0.137. The maximum absolute atomic E-state index is 12.5. The van der Waals surface area contributed by atoms with Gasteiger partial charge in [-0.15, -0.1) is 0 Å². The molecule has 0 spiro atoms. The second-order valence-corrected chi connectivity index (χ2v) is 4.70. The van der Waals surface area contributed by atoms with E-state index in [9.17, 15) is 18.3 Å². The van der Waals surface area contributed by atoms with E-state index in [1.165, 1.54) is 12.1 Å². The van der Waals surface area contributed by atoms with Crippen molar-refractivity contribution in [2.24, 2.45) is 0 Å². The molecule has 21 heavy (non-hydrogen) atoms. The lowest BCUT2D eigenvalue weighted by Gasteiger charge is -2.13. The molecule has 2 aromatic carbocycles. The highest BCUT2D eigenvalue weighted by Gasteiger charge is 2.29. The molecular weight excluding hydrogens is 281 g/mol. The third-order valence-corrected chi connectivity index (χ3v) is 3.13. The predicted octanol–water partition coefficient (Wildman–Crippen LogP) is 4.09. The van der Waals surface area contributed by atoms with Crippen molar-refractivity contribution >= 4 is 0 Å². The zero-order chi connectivity index (χ0) is 15.5. The molecule has 0 aromatic heterocycles. The molecule has 0 atom stereocenters. The molecule has 0 amide bonds. The molecule has 0 radical (unpaired) electrons. The van der Waals surface area contributed by atoms with Gasteiger partial charge in [0.2, 0.25) is 0 Å². The molecule has 112 valence electrons. The van der Waals surface area contributed by atoms with Crippen molar-refractivity contribution < 1.29 is 23.0 Å². The van der Waals surface area contributed by atoms with Crippen molar-refractivity contribution in [3.8, 4) is 5.75 Å². The molecule has 0 aliphatic rings. The predicted molar refractivity (Wildman–Crippen MR) is 72.9 cm³/mol. The van der Waals surface area contributed by atoms with Crippen LogP contribution in [0.25, 0.3) is 0 Å². The third-order valence-electron chi connectivity index (χ3n) is 3.13. The number of ether oxygens (including phenoxy) is 1. The van der Waals surface area contributed by atoms with Gasteiger partial charge in [0.15, 0.2) is 0 Å². The van der Waals surface area contributed by atoms with Crippen molar-refractivity contribution in [3.05, 3.63) is 64.7 Å². The van der Waals surface area contributed by atoms with Crippen LogP contribution < -0.4 is 4.74 Å². The smallest absolute Gasteiger partial charge is 0.416 e. The zero-order valence-corrected chi connectivity index (χ0v) is 11.4. The molecule has 0 bridgehead atoms. The molecule has 0 heterocycles. The van der Waals surface area contributed by atoms with Gasteiger partial charge in [0.05, 0.1) is 12.2 Å². The summed E-state index contributed by atoms with van der Waals surface area (Å²) in [4.78, 5) is 0. The van der Waals surface area contributed by atoms with Gasteiger partial charge in [-0.05, 0) is 30.2 Å². The number of aryl methyl sites for hydroxylation is 1. The van der Waals surface area contributed by atoms with Gasteiger partial charge in [0.1, 0.15) is 12.4 Å². The van der Waals surface area contributed by atoms with Crippen LogP contribution in [0.2, 0.25) is 0 Å². The third kappa shape index (κ3) is 3.76. The van der Waals surface area contributed by atoms with Crippen molar-refractivity contribution in [1.82, 2.24) is 0 Å². The highest BCUT2D eigenvalue weighted by atomic mass is 19.4. The fourth-order valence-electron chi connectivity index (χ4n) is 1.99. The molecule has 0 fully saturated rings. The van der Waals surface area contributed by atoms with Gasteiger partial charge in [0, 0.05) is 5.56 Å². The highest BCUT2D eigenvalue weighted by molar-refractivity contribution is 5.40. The molecule has 0 saturated heterocycles. The van der Waals surface area contributed by atoms with Gasteiger partial charge in [-0.3, -0.25) is 0 Å². The van der Waals surface area contributed by atoms with Crippen LogP contribution in [-0.2, 0) is 19.4 Å². The van der Waals surface area contributed by atoms with Crippen LogP contribution in [-0.4, -0.2) is 5.11 Å². The van der Waals surface area contributed by atoms with Crippen LogP contribution in [0.3, 0.4) is 0 Å². The summed E-state index contributed by atoms with van der Waals surface area (Å²) in [5, 5.41) is 9.26. The van der Waals surface area contributed by atoms with Crippen molar-refractivity contribution in [2.75, 3.05) is 0 Å². The van der Waals surface area contributed by atoms with Gasteiger partial charge in [-0.25, -0.2) is 0 Å². The minimum Gasteiger partial charge on any atom is -0.488 e. The monoisotopic (exact) mass is 296 g/mol. The number of hydrogen-bond acceptors (Lipinski definition) is 2. The Labute approximate surface area is 120 Å². The van der Waals surface area contributed by atoms with Crippen molar-refractivity contribution in [3.63, 3.8) is 0 Å². The Morgan fingerprint density at radius 3 is 2.29 bits per heavy atom. The Morgan fingerprint density at radius 1 is 1.05 bits per heavy atom. The van der Waals surface area contributed by atoms with Crippen LogP contribution in [0.15, 0.2) is 42.5 Å². The van der Waals surface area contributed by atoms with Gasteiger partial charge in [0.25, 0.3) is 0 Å². The first-order valence-electron chi connectivity index (χ1n) is 6.40. The first-order valence-corrected chi connectivity index (χ1v) is 6.40. The van der Waals surface area contributed by atoms with Gasteiger partial charge >= 0.3 is 6.18 Å². The molecular formula is C16H15F3O2. The summed E-state index contributed by atoms with van der Waals surface area (Å²) < 4.78 is 43.0. The summed E-state index contributed by atoms with van der Waals surface area (Å²) in [6, 6.07) is 10.2. The molecule has 2 rings (SSSR count). The van der Waals surface area contributed by atoms with Crippen molar-refractivity contribution in [2.45, 2.75) is 26.3 Å². The van der Waals surface area contributed by atoms with Crippen LogP contribution in [0.4, 0.5) is 13.2 Å². The minimum absolute atomic E-state index is 0.149. The quantitative estimate of drug-likeness (QED) is 0.921. The lowest BCUT2D eigenvalue weighted by atomic mass is 10.1. The number of aliphatic hydroxyl groups is 1. The number of para-hydroxylation sites is 1. The maximum Gasteiger partial charge on any atom is 0.416 e. The molecule has 0 saturated carbocycles. The summed E-state index contributed by atoms with van der Waals surface area (Å²) in [6.45, 7) is 1.85. The minimum atomic E-state index is -4.33. The van der Waals surface area contributed by atoms with E-state index in [1.807, 2.05) is 19.1 Å². The Hall–Kier alpha value is -2.01. The summed E-state index contributed by atoms with van der Waals surface area (Å²) >= 11 is 0. The van der Waals surface area contributed by atoms with Gasteiger partial charge in [-0.1, -0.05) is 30.3 Å². The maximum atomic E-state index is 12.5. The van der Waals surface area contributed by atoms with E-state index in [2.05, 4.69) is 0 Å². The van der Waals surface area contributed by atoms with Gasteiger partial charge in [-0.2, -0.15) is 13.2 Å². The van der Waals surface area contributed by atoms with E-state index in [4.69, 9.17) is 4.74 Å². The Bertz CT molecular complexity index is 604. The van der Waals surface area contributed by atoms with E-state index in [-0.39, 0.29) is 13.2 Å². The average Bonchev–Trinajstić information content (AvgIpc) is 2.45. The molecule has 0 unspecified atom stereocenters. The van der Waals surface area contributed by atoms with Crippen LogP contribution >= 0.6 is 0 Å². The highest BCUT2D eigenvalue weighted by Crippen LogP contribution is 2.29. The number of alkyl halides is 3. The van der Waals surface area contributed by atoms with Crippen molar-refractivity contribution in [1.29, 1.82) is 0 Å². The summed E-state index contributed by atoms with van der Waals surface area (Å²) in [6.07, 6.45) is -4.33. The zero-order valence-electron chi connectivity index (χ0n) is 11.4. The van der Waals surface area contributed by atoms with E-state index < -0.39 is 11.7 Å². The SMILES string of the molecule is Cc1cccc(CO)c1OCc1ccc(C(F)(F)F)cc1. The molecule has 2 aromatic rings. The van der Waals surface area contributed by atoms with Crippen LogP contribution in [0, 0.1) is 6.92 Å². The summed E-state index contributed by atoms with van der Waals surface area (Å²) in [5.41, 5.74) is 1.48. The number of benzene rings is 2. The molecule has 0 aliphatic carbocycles. The molecule has 2 nitrogen and oxygen atoms in total. The fraction of sp³-hybridized carbons (Fsp3) is 0.250.